The van der Waals surface area contributed by atoms with Crippen LogP contribution in [0, 0.1) is 5.92 Å². The summed E-state index contributed by atoms with van der Waals surface area (Å²) < 4.78 is 10.3. The molecular formula is C21H30ClNO4. The number of amides is 1. The molecule has 1 aliphatic rings. The summed E-state index contributed by atoms with van der Waals surface area (Å²) in [5.41, 5.74) is 1.80. The number of benzene rings is 1. The van der Waals surface area contributed by atoms with E-state index in [2.05, 4.69) is 6.07 Å². The average molecular weight is 396 g/mol. The smallest absolute Gasteiger partial charge is 0.410 e. The fourth-order valence-corrected chi connectivity index (χ4v) is 3.66. The number of methoxy groups -OCH3 is 1. The summed E-state index contributed by atoms with van der Waals surface area (Å²) in [6.07, 6.45) is 2.06. The van der Waals surface area contributed by atoms with Crippen LogP contribution in [0.2, 0.25) is 5.02 Å². The van der Waals surface area contributed by atoms with Crippen LogP contribution in [0.4, 0.5) is 4.79 Å². The molecule has 1 aliphatic heterocycles. The largest absolute Gasteiger partial charge is 0.469 e. The number of likely N-dealkylation sites (tertiary alicyclic amines) is 1. The van der Waals surface area contributed by atoms with Crippen LogP contribution in [0.15, 0.2) is 18.2 Å². The van der Waals surface area contributed by atoms with Crippen LogP contribution >= 0.6 is 11.6 Å². The van der Waals surface area contributed by atoms with E-state index in [9.17, 15) is 9.59 Å². The highest BCUT2D eigenvalue weighted by Crippen LogP contribution is 2.33. The first-order chi connectivity index (χ1) is 12.6. The van der Waals surface area contributed by atoms with Crippen LogP contribution < -0.4 is 0 Å². The Labute approximate surface area is 167 Å². The number of hydrogen-bond acceptors (Lipinski definition) is 4. The van der Waals surface area contributed by atoms with Gasteiger partial charge in [0.15, 0.2) is 0 Å². The van der Waals surface area contributed by atoms with Gasteiger partial charge in [-0.25, -0.2) is 4.79 Å². The Morgan fingerprint density at radius 3 is 2.44 bits per heavy atom. The molecule has 6 heteroatoms. The third kappa shape index (κ3) is 6.13. The zero-order chi connectivity index (χ0) is 20.2. The van der Waals surface area contributed by atoms with Gasteiger partial charge in [0.25, 0.3) is 0 Å². The lowest BCUT2D eigenvalue weighted by Crippen LogP contribution is -2.41. The summed E-state index contributed by atoms with van der Waals surface area (Å²) in [6.45, 7) is 8.81. The lowest BCUT2D eigenvalue weighted by molar-refractivity contribution is -0.144. The van der Waals surface area contributed by atoms with Gasteiger partial charge in [-0.1, -0.05) is 24.6 Å². The highest BCUT2D eigenvalue weighted by atomic mass is 35.5. The van der Waals surface area contributed by atoms with E-state index in [0.29, 0.717) is 30.5 Å². The van der Waals surface area contributed by atoms with Crippen molar-refractivity contribution in [1.82, 2.24) is 4.90 Å². The molecule has 0 spiro atoms. The first-order valence-corrected chi connectivity index (χ1v) is 9.82. The Morgan fingerprint density at radius 1 is 1.26 bits per heavy atom. The van der Waals surface area contributed by atoms with Crippen molar-refractivity contribution < 1.29 is 19.1 Å². The summed E-state index contributed by atoms with van der Waals surface area (Å²) in [4.78, 5) is 25.8. The fraction of sp³-hybridized carbons (Fsp3) is 0.619. The molecule has 0 aromatic heterocycles. The van der Waals surface area contributed by atoms with Crippen LogP contribution in [0.3, 0.4) is 0 Å². The molecular weight excluding hydrogens is 366 g/mol. The second kappa shape index (κ2) is 8.96. The second-order valence-corrected chi connectivity index (χ2v) is 8.65. The van der Waals surface area contributed by atoms with E-state index in [4.69, 9.17) is 21.1 Å². The summed E-state index contributed by atoms with van der Waals surface area (Å²) in [7, 11) is 1.41. The summed E-state index contributed by atoms with van der Waals surface area (Å²) >= 11 is 6.19. The van der Waals surface area contributed by atoms with Gasteiger partial charge in [0.05, 0.1) is 13.0 Å². The Bertz CT molecular complexity index is 675. The number of nitrogens with zero attached hydrogens (tertiary/aromatic N) is 1. The van der Waals surface area contributed by atoms with Gasteiger partial charge >= 0.3 is 12.1 Å². The van der Waals surface area contributed by atoms with Crippen molar-refractivity contribution in [3.63, 3.8) is 0 Å². The van der Waals surface area contributed by atoms with E-state index < -0.39 is 5.60 Å². The van der Waals surface area contributed by atoms with Gasteiger partial charge in [-0.2, -0.15) is 0 Å². The lowest BCUT2D eigenvalue weighted by atomic mass is 9.84. The van der Waals surface area contributed by atoms with Crippen molar-refractivity contribution in [3.05, 3.63) is 34.3 Å². The summed E-state index contributed by atoms with van der Waals surface area (Å²) in [5, 5.41) is 0.664. The highest BCUT2D eigenvalue weighted by Gasteiger charge is 2.29. The molecule has 1 saturated heterocycles. The maximum absolute atomic E-state index is 12.3. The van der Waals surface area contributed by atoms with E-state index in [-0.39, 0.29) is 18.0 Å². The second-order valence-electron chi connectivity index (χ2n) is 8.21. The maximum atomic E-state index is 12.3. The van der Waals surface area contributed by atoms with Crippen LogP contribution in [0.5, 0.6) is 0 Å². The quantitative estimate of drug-likeness (QED) is 0.686. The minimum Gasteiger partial charge on any atom is -0.469 e. The normalized spacial score (nSPS) is 16.7. The number of piperidine rings is 1. The number of esters is 1. The number of halogens is 1. The Balaban J connectivity index is 2.07. The third-order valence-electron chi connectivity index (χ3n) is 4.82. The van der Waals surface area contributed by atoms with Crippen molar-refractivity contribution in [2.45, 2.75) is 58.5 Å². The number of ether oxygens (including phenoxy) is 2. The minimum atomic E-state index is -0.485. The molecule has 1 amide bonds. The summed E-state index contributed by atoms with van der Waals surface area (Å²) in [5.74, 6) is -0.115. The Kier molecular flexibility index (Phi) is 7.15. The van der Waals surface area contributed by atoms with E-state index >= 15 is 0 Å². The molecule has 1 fully saturated rings. The molecule has 1 aromatic carbocycles. The maximum Gasteiger partial charge on any atom is 0.410 e. The molecule has 0 saturated carbocycles. The number of hydrogen-bond donors (Lipinski definition) is 0. The zero-order valence-corrected chi connectivity index (χ0v) is 17.6. The van der Waals surface area contributed by atoms with E-state index in [1.54, 1.807) is 4.90 Å². The van der Waals surface area contributed by atoms with Crippen molar-refractivity contribution in [2.75, 3.05) is 20.2 Å². The molecule has 1 aromatic rings. The minimum absolute atomic E-state index is 0.222. The van der Waals surface area contributed by atoms with Crippen LogP contribution in [-0.4, -0.2) is 42.8 Å². The monoisotopic (exact) mass is 395 g/mol. The van der Waals surface area contributed by atoms with E-state index in [0.717, 1.165) is 18.4 Å². The van der Waals surface area contributed by atoms with Crippen molar-refractivity contribution in [3.8, 4) is 0 Å². The predicted octanol–water partition coefficient (Wildman–Crippen LogP) is 4.81. The van der Waals surface area contributed by atoms with Gasteiger partial charge in [0.1, 0.15) is 5.60 Å². The standard InChI is InChI=1S/C21H30ClNO4/c1-14(19(24)26-5)12-16-13-17(22)6-7-18(16)15-8-10-23(11-9-15)20(25)27-21(2,3)4/h6-7,13-15H,8-12H2,1-5H3. The van der Waals surface area contributed by atoms with Crippen LogP contribution in [0.25, 0.3) is 0 Å². The predicted molar refractivity (Wildman–Crippen MR) is 106 cm³/mol. The van der Waals surface area contributed by atoms with Crippen LogP contribution in [0.1, 0.15) is 57.6 Å². The van der Waals surface area contributed by atoms with Crippen molar-refractivity contribution >= 4 is 23.7 Å². The van der Waals surface area contributed by atoms with Crippen LogP contribution in [-0.2, 0) is 20.7 Å². The molecule has 5 nitrogen and oxygen atoms in total. The van der Waals surface area contributed by atoms with Crippen molar-refractivity contribution in [2.24, 2.45) is 5.92 Å². The molecule has 0 N–H and O–H groups in total. The molecule has 27 heavy (non-hydrogen) atoms. The molecule has 0 radical (unpaired) electrons. The average Bonchev–Trinajstić information content (AvgIpc) is 2.60. The van der Waals surface area contributed by atoms with Gasteiger partial charge in [-0.05, 0) is 69.2 Å². The highest BCUT2D eigenvalue weighted by molar-refractivity contribution is 6.30. The first-order valence-electron chi connectivity index (χ1n) is 9.44. The van der Waals surface area contributed by atoms with Gasteiger partial charge in [-0.3, -0.25) is 4.79 Å². The van der Waals surface area contributed by atoms with Crippen molar-refractivity contribution in [1.29, 1.82) is 0 Å². The third-order valence-corrected chi connectivity index (χ3v) is 5.06. The molecule has 0 aliphatic carbocycles. The number of carbonyl (C=O) groups is 2. The molecule has 2 rings (SSSR count). The van der Waals surface area contributed by atoms with Gasteiger partial charge in [0.2, 0.25) is 0 Å². The van der Waals surface area contributed by atoms with Gasteiger partial charge in [-0.15, -0.1) is 0 Å². The first kappa shape index (κ1) is 21.5. The van der Waals surface area contributed by atoms with E-state index in [1.165, 1.54) is 12.7 Å². The van der Waals surface area contributed by atoms with E-state index in [1.807, 2.05) is 39.8 Å². The fourth-order valence-electron chi connectivity index (χ4n) is 3.46. The molecule has 1 atom stereocenters. The SMILES string of the molecule is COC(=O)C(C)Cc1cc(Cl)ccc1C1CCN(C(=O)OC(C)(C)C)CC1. The molecule has 150 valence electrons. The number of carbonyl (C=O) groups excluding carboxylic acids is 2. The van der Waals surface area contributed by atoms with Gasteiger partial charge < -0.3 is 14.4 Å². The van der Waals surface area contributed by atoms with Gasteiger partial charge in [0, 0.05) is 18.1 Å². The zero-order valence-electron chi connectivity index (χ0n) is 16.9. The molecule has 1 unspecified atom stereocenters. The molecule has 1 heterocycles. The lowest BCUT2D eigenvalue weighted by Gasteiger charge is -2.34. The summed E-state index contributed by atoms with van der Waals surface area (Å²) in [6, 6.07) is 5.88. The Hall–Kier alpha value is -1.75. The topological polar surface area (TPSA) is 55.8 Å². The number of rotatable bonds is 4. The molecule has 0 bridgehead atoms. The Morgan fingerprint density at radius 2 is 1.89 bits per heavy atom.